The van der Waals surface area contributed by atoms with Crippen molar-refractivity contribution in [2.75, 3.05) is 0 Å². The summed E-state index contributed by atoms with van der Waals surface area (Å²) in [5.41, 5.74) is 3.44. The minimum atomic E-state index is 0.526. The molecule has 0 saturated heterocycles. The lowest BCUT2D eigenvalue weighted by Gasteiger charge is -2.11. The van der Waals surface area contributed by atoms with Crippen molar-refractivity contribution < 1.29 is 0 Å². The van der Waals surface area contributed by atoms with Crippen LogP contribution in [0.5, 0.6) is 0 Å². The maximum atomic E-state index is 5.90. The molecule has 0 radical (unpaired) electrons. The van der Waals surface area contributed by atoms with Crippen LogP contribution in [0.3, 0.4) is 0 Å². The molecule has 0 saturated carbocycles. The number of hydrogen-bond acceptors (Lipinski definition) is 2. The smallest absolute Gasteiger partial charge is 0.0649 e. The Morgan fingerprint density at radius 3 is 2.63 bits per heavy atom. The summed E-state index contributed by atoms with van der Waals surface area (Å²) in [4.78, 5) is 0. The van der Waals surface area contributed by atoms with Gasteiger partial charge in [-0.15, -0.1) is 0 Å². The van der Waals surface area contributed by atoms with Gasteiger partial charge in [-0.2, -0.15) is 5.10 Å². The Morgan fingerprint density at radius 2 is 2.00 bits per heavy atom. The Bertz CT molecular complexity index is 531. The van der Waals surface area contributed by atoms with E-state index in [9.17, 15) is 0 Å². The monoisotopic (exact) mass is 277 g/mol. The lowest BCUT2D eigenvalue weighted by molar-refractivity contribution is 0.533. The van der Waals surface area contributed by atoms with E-state index in [-0.39, 0.29) is 0 Å². The van der Waals surface area contributed by atoms with Crippen LogP contribution in [0, 0.1) is 6.92 Å². The van der Waals surface area contributed by atoms with E-state index < -0.39 is 0 Å². The SMILES string of the molecule is CCC(C)NCc1cnn(-c2ccc(Cl)cc2)c1C. The molecule has 1 atom stereocenters. The van der Waals surface area contributed by atoms with Crippen molar-refractivity contribution in [2.24, 2.45) is 0 Å². The fraction of sp³-hybridized carbons (Fsp3) is 0.400. The van der Waals surface area contributed by atoms with Crippen LogP contribution in [0.25, 0.3) is 5.69 Å². The molecule has 0 fully saturated rings. The summed E-state index contributed by atoms with van der Waals surface area (Å²) in [6, 6.07) is 8.25. The summed E-state index contributed by atoms with van der Waals surface area (Å²) in [6.07, 6.45) is 3.06. The highest BCUT2D eigenvalue weighted by Gasteiger charge is 2.08. The highest BCUT2D eigenvalue weighted by molar-refractivity contribution is 6.30. The third-order valence-electron chi connectivity index (χ3n) is 3.44. The van der Waals surface area contributed by atoms with Crippen molar-refractivity contribution in [3.05, 3.63) is 46.7 Å². The number of nitrogens with zero attached hydrogens (tertiary/aromatic N) is 2. The fourth-order valence-electron chi connectivity index (χ4n) is 1.89. The van der Waals surface area contributed by atoms with Gasteiger partial charge in [-0.25, -0.2) is 4.68 Å². The molecule has 102 valence electrons. The molecule has 2 aromatic rings. The van der Waals surface area contributed by atoms with E-state index >= 15 is 0 Å². The minimum Gasteiger partial charge on any atom is -0.310 e. The van der Waals surface area contributed by atoms with Crippen LogP contribution in [0.1, 0.15) is 31.5 Å². The van der Waals surface area contributed by atoms with Crippen LogP contribution in [0.2, 0.25) is 5.02 Å². The van der Waals surface area contributed by atoms with E-state index in [1.165, 1.54) is 5.56 Å². The fourth-order valence-corrected chi connectivity index (χ4v) is 2.01. The molecule has 2 rings (SSSR count). The predicted molar refractivity (Wildman–Crippen MR) is 79.9 cm³/mol. The van der Waals surface area contributed by atoms with Gasteiger partial charge in [0.1, 0.15) is 0 Å². The molecule has 4 heteroatoms. The first-order chi connectivity index (χ1) is 9.11. The van der Waals surface area contributed by atoms with Crippen molar-refractivity contribution in [3.63, 3.8) is 0 Å². The highest BCUT2D eigenvalue weighted by Crippen LogP contribution is 2.16. The van der Waals surface area contributed by atoms with Crippen molar-refractivity contribution >= 4 is 11.6 Å². The zero-order chi connectivity index (χ0) is 13.8. The molecule has 1 aromatic heterocycles. The quantitative estimate of drug-likeness (QED) is 0.903. The molecule has 0 bridgehead atoms. The Kier molecular flexibility index (Phi) is 4.61. The topological polar surface area (TPSA) is 29.9 Å². The van der Waals surface area contributed by atoms with E-state index in [0.717, 1.165) is 29.4 Å². The van der Waals surface area contributed by atoms with E-state index in [2.05, 4.69) is 31.2 Å². The Hall–Kier alpha value is -1.32. The highest BCUT2D eigenvalue weighted by atomic mass is 35.5. The average molecular weight is 278 g/mol. The van der Waals surface area contributed by atoms with Gasteiger partial charge >= 0.3 is 0 Å². The summed E-state index contributed by atoms with van der Waals surface area (Å²) in [7, 11) is 0. The molecule has 1 aromatic carbocycles. The predicted octanol–water partition coefficient (Wildman–Crippen LogP) is 3.72. The summed E-state index contributed by atoms with van der Waals surface area (Å²) < 4.78 is 1.95. The maximum absolute atomic E-state index is 5.90. The van der Waals surface area contributed by atoms with Crippen LogP contribution in [0.4, 0.5) is 0 Å². The second-order valence-electron chi connectivity index (χ2n) is 4.83. The van der Waals surface area contributed by atoms with E-state index in [1.54, 1.807) is 0 Å². The molecule has 1 unspecified atom stereocenters. The molecule has 3 nitrogen and oxygen atoms in total. The summed E-state index contributed by atoms with van der Waals surface area (Å²) in [5, 5.41) is 8.68. The zero-order valence-electron chi connectivity index (χ0n) is 11.7. The molecule has 0 aliphatic carbocycles. The van der Waals surface area contributed by atoms with Gasteiger partial charge in [0.15, 0.2) is 0 Å². The third-order valence-corrected chi connectivity index (χ3v) is 3.69. The first-order valence-corrected chi connectivity index (χ1v) is 7.02. The van der Waals surface area contributed by atoms with Gasteiger partial charge < -0.3 is 5.32 Å². The summed E-state index contributed by atoms with van der Waals surface area (Å²) in [5.74, 6) is 0. The van der Waals surface area contributed by atoms with Gasteiger partial charge in [0.2, 0.25) is 0 Å². The first-order valence-electron chi connectivity index (χ1n) is 6.64. The third kappa shape index (κ3) is 3.37. The van der Waals surface area contributed by atoms with Gasteiger partial charge in [0, 0.05) is 28.9 Å². The molecule has 0 aliphatic heterocycles. The largest absolute Gasteiger partial charge is 0.310 e. The van der Waals surface area contributed by atoms with Crippen LogP contribution < -0.4 is 5.32 Å². The molecular formula is C15H20ClN3. The van der Waals surface area contributed by atoms with Gasteiger partial charge in [-0.3, -0.25) is 0 Å². The second kappa shape index (κ2) is 6.22. The first kappa shape index (κ1) is 14.1. The molecule has 1 heterocycles. The zero-order valence-corrected chi connectivity index (χ0v) is 12.4. The number of halogens is 1. The number of hydrogen-bond donors (Lipinski definition) is 1. The van der Waals surface area contributed by atoms with Gasteiger partial charge in [-0.05, 0) is 44.5 Å². The van der Waals surface area contributed by atoms with Crippen LogP contribution in [-0.2, 0) is 6.54 Å². The van der Waals surface area contributed by atoms with Crippen LogP contribution in [0.15, 0.2) is 30.5 Å². The minimum absolute atomic E-state index is 0.526. The molecule has 0 amide bonds. The van der Waals surface area contributed by atoms with E-state index in [4.69, 9.17) is 11.6 Å². The molecular weight excluding hydrogens is 258 g/mol. The van der Waals surface area contributed by atoms with Gasteiger partial charge in [-0.1, -0.05) is 18.5 Å². The van der Waals surface area contributed by atoms with Crippen molar-refractivity contribution in [3.8, 4) is 5.69 Å². The number of benzene rings is 1. The Balaban J connectivity index is 2.16. The lowest BCUT2D eigenvalue weighted by atomic mass is 10.2. The number of aromatic nitrogens is 2. The Labute approximate surface area is 119 Å². The summed E-state index contributed by atoms with van der Waals surface area (Å²) in [6.45, 7) is 7.32. The molecule has 1 N–H and O–H groups in total. The average Bonchev–Trinajstić information content (AvgIpc) is 2.78. The molecule has 0 aliphatic rings. The normalized spacial score (nSPS) is 12.6. The molecule has 19 heavy (non-hydrogen) atoms. The number of nitrogens with one attached hydrogen (secondary N) is 1. The van der Waals surface area contributed by atoms with Crippen LogP contribution in [-0.4, -0.2) is 15.8 Å². The maximum Gasteiger partial charge on any atom is 0.0649 e. The van der Waals surface area contributed by atoms with Crippen molar-refractivity contribution in [1.29, 1.82) is 0 Å². The van der Waals surface area contributed by atoms with Crippen molar-refractivity contribution in [1.82, 2.24) is 15.1 Å². The van der Waals surface area contributed by atoms with E-state index in [0.29, 0.717) is 6.04 Å². The second-order valence-corrected chi connectivity index (χ2v) is 5.27. The standard InChI is InChI=1S/C15H20ClN3/c1-4-11(2)17-9-13-10-18-19(12(13)3)15-7-5-14(16)6-8-15/h5-8,10-11,17H,4,9H2,1-3H3. The van der Waals surface area contributed by atoms with Crippen LogP contribution >= 0.6 is 11.6 Å². The Morgan fingerprint density at radius 1 is 1.32 bits per heavy atom. The summed E-state index contributed by atoms with van der Waals surface area (Å²) >= 11 is 5.90. The number of rotatable bonds is 5. The van der Waals surface area contributed by atoms with Gasteiger partial charge in [0.25, 0.3) is 0 Å². The van der Waals surface area contributed by atoms with Gasteiger partial charge in [0.05, 0.1) is 11.9 Å². The van der Waals surface area contributed by atoms with Crippen molar-refractivity contribution in [2.45, 2.75) is 39.8 Å². The lowest BCUT2D eigenvalue weighted by Crippen LogP contribution is -2.24. The van der Waals surface area contributed by atoms with E-state index in [1.807, 2.05) is 35.1 Å². The molecule has 0 spiro atoms.